The molecule has 1 aliphatic rings. The second-order valence-corrected chi connectivity index (χ2v) is 8.97. The molecule has 0 radical (unpaired) electrons. The standard InChI is InChI=1S/C24H22F2N8O/c1-16-29-22(32-13-24(2,12-27)14-32)30-33(16)10-17-6-8-18(9-7-17)34-23(35)31(15-28-34)11-19-20(25)4-3-5-21(19)26/h3-9,15H,10-11,13-14H2,1-2H3. The van der Waals surface area contributed by atoms with Gasteiger partial charge in [0, 0.05) is 18.7 Å². The smallest absolute Gasteiger partial charge is 0.336 e. The summed E-state index contributed by atoms with van der Waals surface area (Å²) in [5.74, 6) is -0.0669. The van der Waals surface area contributed by atoms with Crippen LogP contribution in [-0.2, 0) is 13.1 Å². The van der Waals surface area contributed by atoms with Gasteiger partial charge in [-0.3, -0.25) is 4.57 Å². The number of nitrogens with zero attached hydrogens (tertiary/aromatic N) is 8. The number of nitriles is 1. The Bertz CT molecular complexity index is 1470. The largest absolute Gasteiger partial charge is 0.350 e. The van der Waals surface area contributed by atoms with Crippen molar-refractivity contribution in [1.29, 1.82) is 5.26 Å². The number of rotatable bonds is 6. The van der Waals surface area contributed by atoms with Crippen LogP contribution < -0.4 is 10.6 Å². The summed E-state index contributed by atoms with van der Waals surface area (Å²) in [6.07, 6.45) is 1.26. The average Bonchev–Trinajstić information content (AvgIpc) is 3.36. The molecule has 9 nitrogen and oxygen atoms in total. The van der Waals surface area contributed by atoms with Crippen LogP contribution in [-0.4, -0.2) is 42.2 Å². The fourth-order valence-electron chi connectivity index (χ4n) is 4.09. The molecule has 1 fully saturated rings. The molecule has 0 aliphatic carbocycles. The van der Waals surface area contributed by atoms with E-state index in [2.05, 4.69) is 21.3 Å². The van der Waals surface area contributed by atoms with Gasteiger partial charge in [-0.1, -0.05) is 18.2 Å². The van der Waals surface area contributed by atoms with Crippen molar-refractivity contribution < 1.29 is 8.78 Å². The van der Waals surface area contributed by atoms with E-state index in [0.29, 0.717) is 31.3 Å². The molecular weight excluding hydrogens is 454 g/mol. The van der Waals surface area contributed by atoms with E-state index in [1.165, 1.54) is 17.1 Å². The lowest BCUT2D eigenvalue weighted by Crippen LogP contribution is -2.54. The first kappa shape index (κ1) is 22.5. The van der Waals surface area contributed by atoms with Crippen molar-refractivity contribution in [2.75, 3.05) is 18.0 Å². The third-order valence-electron chi connectivity index (χ3n) is 6.11. The minimum absolute atomic E-state index is 0.192. The fourth-order valence-corrected chi connectivity index (χ4v) is 4.09. The van der Waals surface area contributed by atoms with E-state index >= 15 is 0 Å². The molecule has 0 N–H and O–H groups in total. The zero-order valence-electron chi connectivity index (χ0n) is 19.2. The molecule has 5 rings (SSSR count). The van der Waals surface area contributed by atoms with Crippen molar-refractivity contribution in [1.82, 2.24) is 29.1 Å². The summed E-state index contributed by atoms with van der Waals surface area (Å²) in [4.78, 5) is 19.2. The van der Waals surface area contributed by atoms with E-state index in [1.54, 1.807) is 16.8 Å². The topological polar surface area (TPSA) is 97.6 Å². The number of benzene rings is 2. The van der Waals surface area contributed by atoms with E-state index in [0.717, 1.165) is 28.1 Å². The van der Waals surface area contributed by atoms with E-state index in [9.17, 15) is 18.8 Å². The molecule has 0 unspecified atom stereocenters. The Hall–Kier alpha value is -4.33. The molecule has 2 aromatic heterocycles. The zero-order valence-corrected chi connectivity index (χ0v) is 19.2. The SMILES string of the molecule is Cc1nc(N2CC(C)(C#N)C2)nn1Cc1ccc(-n2ncn(Cc3c(F)cccc3F)c2=O)cc1. The lowest BCUT2D eigenvalue weighted by Gasteiger charge is -2.42. The van der Waals surface area contributed by atoms with Gasteiger partial charge in [0.15, 0.2) is 0 Å². The van der Waals surface area contributed by atoms with Crippen LogP contribution in [0.4, 0.5) is 14.7 Å². The summed E-state index contributed by atoms with van der Waals surface area (Å²) in [6.45, 7) is 5.23. The van der Waals surface area contributed by atoms with Gasteiger partial charge in [-0.25, -0.2) is 18.3 Å². The lowest BCUT2D eigenvalue weighted by atomic mass is 9.84. The number of halogens is 2. The van der Waals surface area contributed by atoms with E-state index in [1.807, 2.05) is 30.9 Å². The van der Waals surface area contributed by atoms with Gasteiger partial charge in [0.05, 0.1) is 30.3 Å². The van der Waals surface area contributed by atoms with Crippen LogP contribution in [0.3, 0.4) is 0 Å². The first-order valence-electron chi connectivity index (χ1n) is 11.0. The molecule has 1 saturated heterocycles. The Kier molecular flexibility index (Phi) is 5.43. The first-order valence-corrected chi connectivity index (χ1v) is 11.0. The van der Waals surface area contributed by atoms with Gasteiger partial charge in [-0.15, -0.1) is 5.10 Å². The number of aryl methyl sites for hydroxylation is 1. The van der Waals surface area contributed by atoms with Crippen LogP contribution in [0.2, 0.25) is 0 Å². The molecule has 0 atom stereocenters. The summed E-state index contributed by atoms with van der Waals surface area (Å²) in [7, 11) is 0. The number of aromatic nitrogens is 6. The maximum atomic E-state index is 14.0. The fraction of sp³-hybridized carbons (Fsp3) is 0.292. The van der Waals surface area contributed by atoms with Crippen molar-refractivity contribution in [3.8, 4) is 11.8 Å². The highest BCUT2D eigenvalue weighted by Crippen LogP contribution is 2.31. The molecule has 0 spiro atoms. The quantitative estimate of drug-likeness (QED) is 0.425. The van der Waals surface area contributed by atoms with E-state index < -0.39 is 17.3 Å². The molecule has 1 aliphatic heterocycles. The maximum Gasteiger partial charge on any atom is 0.350 e. The molecule has 0 amide bonds. The van der Waals surface area contributed by atoms with Crippen LogP contribution >= 0.6 is 0 Å². The third kappa shape index (κ3) is 4.19. The van der Waals surface area contributed by atoms with Gasteiger partial charge in [0.25, 0.3) is 0 Å². The Labute approximate surface area is 199 Å². The highest BCUT2D eigenvalue weighted by Gasteiger charge is 2.40. The Morgan fingerprint density at radius 2 is 1.77 bits per heavy atom. The molecule has 11 heteroatoms. The van der Waals surface area contributed by atoms with Gasteiger partial charge in [-0.2, -0.15) is 20.0 Å². The molecule has 0 saturated carbocycles. The van der Waals surface area contributed by atoms with Gasteiger partial charge in [-0.05, 0) is 43.7 Å². The summed E-state index contributed by atoms with van der Waals surface area (Å²) in [5.41, 5.74) is 0.418. The zero-order chi connectivity index (χ0) is 24.7. The normalized spacial score (nSPS) is 14.5. The Morgan fingerprint density at radius 1 is 1.09 bits per heavy atom. The minimum atomic E-state index is -0.714. The van der Waals surface area contributed by atoms with Gasteiger partial charge < -0.3 is 4.90 Å². The van der Waals surface area contributed by atoms with Crippen molar-refractivity contribution in [3.63, 3.8) is 0 Å². The van der Waals surface area contributed by atoms with Crippen molar-refractivity contribution in [2.24, 2.45) is 5.41 Å². The first-order chi connectivity index (χ1) is 16.8. The second-order valence-electron chi connectivity index (χ2n) is 8.97. The molecule has 2 aromatic carbocycles. The number of hydrogen-bond donors (Lipinski definition) is 0. The Morgan fingerprint density at radius 3 is 2.43 bits per heavy atom. The molecular formula is C24H22F2N8O. The lowest BCUT2D eigenvalue weighted by molar-refractivity contribution is 0.331. The van der Waals surface area contributed by atoms with Crippen molar-refractivity contribution in [2.45, 2.75) is 26.9 Å². The number of anilines is 1. The van der Waals surface area contributed by atoms with Crippen LogP contribution in [0.5, 0.6) is 0 Å². The maximum absolute atomic E-state index is 14.0. The molecule has 35 heavy (non-hydrogen) atoms. The number of hydrogen-bond acceptors (Lipinski definition) is 6. The van der Waals surface area contributed by atoms with Crippen LogP contribution in [0, 0.1) is 35.3 Å². The summed E-state index contributed by atoms with van der Waals surface area (Å²) < 4.78 is 32.0. The van der Waals surface area contributed by atoms with E-state index in [4.69, 9.17) is 0 Å². The molecule has 178 valence electrons. The summed E-state index contributed by atoms with van der Waals surface area (Å²) in [6, 6.07) is 13.1. The molecule has 0 bridgehead atoms. The average molecular weight is 476 g/mol. The predicted octanol–water partition coefficient (Wildman–Crippen LogP) is 2.66. The highest BCUT2D eigenvalue weighted by atomic mass is 19.1. The monoisotopic (exact) mass is 476 g/mol. The minimum Gasteiger partial charge on any atom is -0.336 e. The molecule has 3 heterocycles. The Balaban J connectivity index is 1.30. The highest BCUT2D eigenvalue weighted by molar-refractivity contribution is 5.39. The van der Waals surface area contributed by atoms with Gasteiger partial charge >= 0.3 is 5.69 Å². The molecule has 4 aromatic rings. The van der Waals surface area contributed by atoms with Crippen LogP contribution in [0.15, 0.2) is 53.6 Å². The van der Waals surface area contributed by atoms with Gasteiger partial charge in [0.2, 0.25) is 5.95 Å². The third-order valence-corrected chi connectivity index (χ3v) is 6.11. The van der Waals surface area contributed by atoms with Crippen molar-refractivity contribution >= 4 is 5.95 Å². The summed E-state index contributed by atoms with van der Waals surface area (Å²) >= 11 is 0. The van der Waals surface area contributed by atoms with Crippen LogP contribution in [0.25, 0.3) is 5.69 Å². The van der Waals surface area contributed by atoms with E-state index in [-0.39, 0.29) is 17.5 Å². The second kappa shape index (κ2) is 8.47. The van der Waals surface area contributed by atoms with Gasteiger partial charge in [0.1, 0.15) is 23.8 Å². The van der Waals surface area contributed by atoms with Crippen molar-refractivity contribution in [3.05, 3.63) is 87.9 Å². The van der Waals surface area contributed by atoms with Crippen LogP contribution in [0.1, 0.15) is 23.9 Å². The summed E-state index contributed by atoms with van der Waals surface area (Å²) in [5, 5.41) is 17.9. The predicted molar refractivity (Wildman–Crippen MR) is 123 cm³/mol.